The maximum absolute atomic E-state index is 11.6. The second-order valence-electron chi connectivity index (χ2n) is 1.87. The molecule has 0 atom stereocenters. The Kier molecular flexibility index (Phi) is 5.22. The summed E-state index contributed by atoms with van der Waals surface area (Å²) >= 11 is 1.86. The van der Waals surface area contributed by atoms with Crippen LogP contribution in [0.5, 0.6) is 0 Å². The van der Waals surface area contributed by atoms with Crippen LogP contribution in [0.25, 0.3) is 0 Å². The van der Waals surface area contributed by atoms with Gasteiger partial charge in [-0.15, -0.1) is 0 Å². The van der Waals surface area contributed by atoms with Crippen LogP contribution >= 0.6 is 22.6 Å². The summed E-state index contributed by atoms with van der Waals surface area (Å²) in [4.78, 5) is 0. The zero-order chi connectivity index (χ0) is 10.5. The Hall–Kier alpha value is 0.170. The molecule has 0 aliphatic heterocycles. The van der Waals surface area contributed by atoms with Gasteiger partial charge in [0.25, 0.3) is 0 Å². The van der Waals surface area contributed by atoms with E-state index in [1.54, 1.807) is 4.08 Å². The Bertz CT molecular complexity index is 269. The van der Waals surface area contributed by atoms with Crippen molar-refractivity contribution in [2.24, 2.45) is 0 Å². The summed E-state index contributed by atoms with van der Waals surface area (Å²) in [7, 11) is -5.41. The highest BCUT2D eigenvalue weighted by molar-refractivity contribution is 14.1. The Labute approximate surface area is 87.2 Å². The molecule has 8 heteroatoms. The van der Waals surface area contributed by atoms with Gasteiger partial charge in [0.2, 0.25) is 0 Å². The summed E-state index contributed by atoms with van der Waals surface area (Å²) in [6.45, 7) is -0.499. The summed E-state index contributed by atoms with van der Waals surface area (Å²) in [5.74, 6) is 0. The number of rotatable bonds is 4. The quantitative estimate of drug-likeness (QED) is 0.344. The lowest BCUT2D eigenvalue weighted by Crippen LogP contribution is -2.25. The molecule has 0 aromatic rings. The van der Waals surface area contributed by atoms with Crippen molar-refractivity contribution in [3.05, 3.63) is 10.2 Å². The Morgan fingerprint density at radius 1 is 1.38 bits per heavy atom. The van der Waals surface area contributed by atoms with Gasteiger partial charge in [0.1, 0.15) is 0 Å². The highest BCUT2D eigenvalue weighted by atomic mass is 127. The summed E-state index contributed by atoms with van der Waals surface area (Å²) < 4.78 is 60.6. The molecule has 0 fully saturated rings. The monoisotopic (exact) mass is 330 g/mol. The van der Waals surface area contributed by atoms with E-state index in [1.807, 2.05) is 22.6 Å². The van der Waals surface area contributed by atoms with E-state index in [1.165, 1.54) is 6.08 Å². The van der Waals surface area contributed by atoms with Crippen LogP contribution in [0.3, 0.4) is 0 Å². The van der Waals surface area contributed by atoms with Gasteiger partial charge in [-0.3, -0.25) is 4.18 Å². The summed E-state index contributed by atoms with van der Waals surface area (Å²) in [6, 6.07) is 0. The van der Waals surface area contributed by atoms with Crippen LogP contribution < -0.4 is 0 Å². The first-order valence-corrected chi connectivity index (χ1v) is 5.67. The average molecular weight is 330 g/mol. The molecule has 0 amide bonds. The summed E-state index contributed by atoms with van der Waals surface area (Å²) in [5, 5.41) is 0. The van der Waals surface area contributed by atoms with Crippen LogP contribution in [0.4, 0.5) is 13.2 Å². The predicted molar refractivity (Wildman–Crippen MR) is 48.7 cm³/mol. The van der Waals surface area contributed by atoms with Crippen LogP contribution in [0, 0.1) is 0 Å². The van der Waals surface area contributed by atoms with Gasteiger partial charge in [-0.2, -0.15) is 21.6 Å². The van der Waals surface area contributed by atoms with E-state index in [9.17, 15) is 21.6 Å². The van der Waals surface area contributed by atoms with Crippen LogP contribution in [0.15, 0.2) is 10.2 Å². The molecular weight excluding hydrogens is 324 g/mol. The zero-order valence-corrected chi connectivity index (χ0v) is 9.19. The van der Waals surface area contributed by atoms with E-state index in [2.05, 4.69) is 4.18 Å². The molecule has 3 nitrogen and oxygen atoms in total. The van der Waals surface area contributed by atoms with Crippen LogP contribution in [0.1, 0.15) is 6.42 Å². The molecule has 0 saturated carbocycles. The molecule has 0 aromatic carbocycles. The molecule has 0 radical (unpaired) electrons. The lowest BCUT2D eigenvalue weighted by molar-refractivity contribution is -0.0541. The van der Waals surface area contributed by atoms with Crippen molar-refractivity contribution in [2.45, 2.75) is 11.9 Å². The van der Waals surface area contributed by atoms with Crippen molar-refractivity contribution < 1.29 is 25.8 Å². The topological polar surface area (TPSA) is 43.4 Å². The minimum atomic E-state index is -5.41. The standard InChI is InChI=1S/C5H6F3IO3S/c6-5(7,8)13(10,11)12-4-2-1-3-9/h1,3H,2,4H2/b3-1+. The molecule has 0 heterocycles. The summed E-state index contributed by atoms with van der Waals surface area (Å²) in [6.07, 6.45) is 1.62. The molecular formula is C5H6F3IO3S. The van der Waals surface area contributed by atoms with Gasteiger partial charge in [0.15, 0.2) is 0 Å². The average Bonchev–Trinajstić information content (AvgIpc) is 1.96. The van der Waals surface area contributed by atoms with Gasteiger partial charge in [0, 0.05) is 0 Å². The number of alkyl halides is 3. The molecule has 0 aliphatic carbocycles. The van der Waals surface area contributed by atoms with Gasteiger partial charge in [-0.25, -0.2) is 0 Å². The van der Waals surface area contributed by atoms with Crippen LogP contribution in [0.2, 0.25) is 0 Å². The van der Waals surface area contributed by atoms with Crippen molar-refractivity contribution in [1.82, 2.24) is 0 Å². The maximum atomic E-state index is 11.6. The molecule has 0 bridgehead atoms. The van der Waals surface area contributed by atoms with Gasteiger partial charge in [-0.1, -0.05) is 28.7 Å². The SMILES string of the molecule is O=S(=O)(OCC/C=C/I)C(F)(F)F. The van der Waals surface area contributed by atoms with Crippen molar-refractivity contribution >= 4 is 32.7 Å². The highest BCUT2D eigenvalue weighted by Gasteiger charge is 2.47. The third kappa shape index (κ3) is 4.81. The largest absolute Gasteiger partial charge is 0.523 e. The normalized spacial score (nSPS) is 13.8. The van der Waals surface area contributed by atoms with Crippen molar-refractivity contribution in [1.29, 1.82) is 0 Å². The number of halogens is 4. The second-order valence-corrected chi connectivity index (χ2v) is 4.20. The minimum absolute atomic E-state index is 0.123. The number of hydrogen-bond acceptors (Lipinski definition) is 3. The van der Waals surface area contributed by atoms with Crippen LogP contribution in [-0.4, -0.2) is 20.5 Å². The lowest BCUT2D eigenvalue weighted by Gasteiger charge is -2.06. The first-order valence-electron chi connectivity index (χ1n) is 3.02. The minimum Gasteiger partial charge on any atom is -0.263 e. The third-order valence-corrected chi connectivity index (χ3v) is 2.45. The highest BCUT2D eigenvalue weighted by Crippen LogP contribution is 2.24. The molecule has 0 saturated heterocycles. The van der Waals surface area contributed by atoms with E-state index < -0.39 is 22.2 Å². The fraction of sp³-hybridized carbons (Fsp3) is 0.600. The second kappa shape index (κ2) is 5.15. The molecule has 0 rings (SSSR count). The van der Waals surface area contributed by atoms with Gasteiger partial charge >= 0.3 is 15.6 Å². The fourth-order valence-electron chi connectivity index (χ4n) is 0.356. The van der Waals surface area contributed by atoms with Gasteiger partial charge in [0.05, 0.1) is 6.61 Å². The molecule has 13 heavy (non-hydrogen) atoms. The number of hydrogen-bond donors (Lipinski definition) is 0. The van der Waals surface area contributed by atoms with E-state index in [0.717, 1.165) is 0 Å². The fourth-order valence-corrected chi connectivity index (χ4v) is 1.16. The van der Waals surface area contributed by atoms with Gasteiger partial charge in [-0.05, 0) is 10.5 Å². The molecule has 0 unspecified atom stereocenters. The molecule has 0 aromatic heterocycles. The smallest absolute Gasteiger partial charge is 0.263 e. The van der Waals surface area contributed by atoms with E-state index in [4.69, 9.17) is 0 Å². The van der Waals surface area contributed by atoms with Crippen molar-refractivity contribution in [2.75, 3.05) is 6.61 Å². The van der Waals surface area contributed by atoms with Crippen LogP contribution in [-0.2, 0) is 14.3 Å². The molecule has 0 spiro atoms. The third-order valence-electron chi connectivity index (χ3n) is 0.896. The van der Waals surface area contributed by atoms with E-state index in [-0.39, 0.29) is 6.42 Å². The molecule has 0 aliphatic rings. The summed E-state index contributed by atoms with van der Waals surface area (Å²) in [5.41, 5.74) is -5.33. The Balaban J connectivity index is 4.07. The Morgan fingerprint density at radius 2 is 1.92 bits per heavy atom. The lowest BCUT2D eigenvalue weighted by atomic mass is 10.5. The van der Waals surface area contributed by atoms with E-state index in [0.29, 0.717) is 0 Å². The molecule has 0 N–H and O–H groups in total. The first kappa shape index (κ1) is 13.2. The van der Waals surface area contributed by atoms with Crippen molar-refractivity contribution in [3.63, 3.8) is 0 Å². The first-order chi connectivity index (χ1) is 5.81. The zero-order valence-electron chi connectivity index (χ0n) is 6.21. The molecule has 78 valence electrons. The predicted octanol–water partition coefficient (Wildman–Crippen LogP) is 2.19. The van der Waals surface area contributed by atoms with Gasteiger partial charge < -0.3 is 0 Å². The van der Waals surface area contributed by atoms with Crippen molar-refractivity contribution in [3.8, 4) is 0 Å². The maximum Gasteiger partial charge on any atom is 0.523 e. The Morgan fingerprint density at radius 3 is 2.31 bits per heavy atom. The van der Waals surface area contributed by atoms with E-state index >= 15 is 0 Å².